The molecule has 0 fully saturated rings. The lowest BCUT2D eigenvalue weighted by atomic mass is 10.2. The van der Waals surface area contributed by atoms with Gasteiger partial charge in [0, 0.05) is 31.5 Å². The summed E-state index contributed by atoms with van der Waals surface area (Å²) in [5.41, 5.74) is 7.48. The second-order valence-electron chi connectivity index (χ2n) is 3.41. The van der Waals surface area contributed by atoms with E-state index in [0.717, 1.165) is 24.2 Å². The molecule has 1 aromatic carbocycles. The minimum Gasteiger partial charge on any atom is -0.396 e. The van der Waals surface area contributed by atoms with Gasteiger partial charge in [-0.2, -0.15) is 0 Å². The van der Waals surface area contributed by atoms with Crippen LogP contribution in [-0.4, -0.2) is 30.3 Å². The predicted octanol–water partition coefficient (Wildman–Crippen LogP) is 1.14. The first-order valence-electron chi connectivity index (χ1n) is 4.87. The Labute approximate surface area is 95.5 Å². The van der Waals surface area contributed by atoms with Gasteiger partial charge in [-0.15, -0.1) is 0 Å². The molecular weight excluding hydrogens is 208 g/mol. The second kappa shape index (κ2) is 5.68. The summed E-state index contributed by atoms with van der Waals surface area (Å²) in [5, 5.41) is 8.72. The maximum atomic E-state index is 8.72. The van der Waals surface area contributed by atoms with Crippen LogP contribution in [0.3, 0.4) is 0 Å². The van der Waals surface area contributed by atoms with Gasteiger partial charge in [-0.3, -0.25) is 0 Å². The fourth-order valence-electron chi connectivity index (χ4n) is 1.32. The fraction of sp³-hybridized carbons (Fsp3) is 0.364. The minimum atomic E-state index is 0.218. The molecule has 0 radical (unpaired) electrons. The van der Waals surface area contributed by atoms with E-state index in [0.29, 0.717) is 4.99 Å². The molecule has 0 saturated heterocycles. The van der Waals surface area contributed by atoms with Crippen LogP contribution in [0.1, 0.15) is 12.0 Å². The number of nitrogens with two attached hydrogens (primary N) is 1. The van der Waals surface area contributed by atoms with E-state index in [1.54, 1.807) is 0 Å². The van der Waals surface area contributed by atoms with Crippen LogP contribution in [-0.2, 0) is 0 Å². The van der Waals surface area contributed by atoms with Gasteiger partial charge in [-0.25, -0.2) is 0 Å². The van der Waals surface area contributed by atoms with Crippen molar-refractivity contribution in [2.45, 2.75) is 6.42 Å². The van der Waals surface area contributed by atoms with Gasteiger partial charge in [0.15, 0.2) is 0 Å². The zero-order chi connectivity index (χ0) is 11.3. The quantitative estimate of drug-likeness (QED) is 0.736. The normalized spacial score (nSPS) is 10.0. The molecule has 0 aliphatic rings. The second-order valence-corrected chi connectivity index (χ2v) is 3.85. The Morgan fingerprint density at radius 2 is 2.00 bits per heavy atom. The summed E-state index contributed by atoms with van der Waals surface area (Å²) < 4.78 is 0. The average Bonchev–Trinajstić information content (AvgIpc) is 2.26. The molecule has 0 aliphatic heterocycles. The Morgan fingerprint density at radius 1 is 1.40 bits per heavy atom. The third kappa shape index (κ3) is 3.49. The monoisotopic (exact) mass is 224 g/mol. The van der Waals surface area contributed by atoms with Crippen molar-refractivity contribution in [3.63, 3.8) is 0 Å². The van der Waals surface area contributed by atoms with E-state index in [4.69, 9.17) is 23.1 Å². The van der Waals surface area contributed by atoms with E-state index in [9.17, 15) is 0 Å². The number of nitrogens with zero attached hydrogens (tertiary/aromatic N) is 1. The Bertz CT molecular complexity index is 324. The summed E-state index contributed by atoms with van der Waals surface area (Å²) in [5.74, 6) is 0. The molecule has 0 spiro atoms. The summed E-state index contributed by atoms with van der Waals surface area (Å²) >= 11 is 4.87. The van der Waals surface area contributed by atoms with E-state index in [1.807, 2.05) is 31.3 Å². The van der Waals surface area contributed by atoms with Crippen molar-refractivity contribution in [2.24, 2.45) is 5.73 Å². The summed E-state index contributed by atoms with van der Waals surface area (Å²) in [6.45, 7) is 1.05. The smallest absolute Gasteiger partial charge is 0.103 e. The first-order chi connectivity index (χ1) is 7.15. The molecule has 0 atom stereocenters. The minimum absolute atomic E-state index is 0.218. The molecule has 0 amide bonds. The lowest BCUT2D eigenvalue weighted by Gasteiger charge is -2.18. The molecule has 1 aromatic rings. The molecule has 4 heteroatoms. The Morgan fingerprint density at radius 3 is 2.47 bits per heavy atom. The van der Waals surface area contributed by atoms with Crippen molar-refractivity contribution in [3.8, 4) is 0 Å². The number of hydrogen-bond donors (Lipinski definition) is 2. The predicted molar refractivity (Wildman–Crippen MR) is 67.3 cm³/mol. The highest BCUT2D eigenvalue weighted by atomic mass is 32.1. The molecular formula is C11H16N2OS. The third-order valence-corrected chi connectivity index (χ3v) is 2.48. The van der Waals surface area contributed by atoms with Crippen molar-refractivity contribution in [2.75, 3.05) is 25.1 Å². The van der Waals surface area contributed by atoms with Crippen LogP contribution in [0.2, 0.25) is 0 Å². The van der Waals surface area contributed by atoms with Crippen LogP contribution in [0.4, 0.5) is 5.69 Å². The largest absolute Gasteiger partial charge is 0.396 e. The van der Waals surface area contributed by atoms with Crippen LogP contribution in [0.5, 0.6) is 0 Å². The summed E-state index contributed by atoms with van der Waals surface area (Å²) in [4.78, 5) is 2.50. The number of anilines is 1. The van der Waals surface area contributed by atoms with Crippen LogP contribution in [0.15, 0.2) is 24.3 Å². The molecule has 0 bridgehead atoms. The SMILES string of the molecule is CN(CCCO)c1ccc(C(N)=S)cc1. The van der Waals surface area contributed by atoms with Gasteiger partial charge in [0.2, 0.25) is 0 Å². The number of hydrogen-bond acceptors (Lipinski definition) is 3. The molecule has 82 valence electrons. The van der Waals surface area contributed by atoms with Crippen molar-refractivity contribution in [1.29, 1.82) is 0 Å². The van der Waals surface area contributed by atoms with Crippen LogP contribution < -0.4 is 10.6 Å². The van der Waals surface area contributed by atoms with Crippen molar-refractivity contribution < 1.29 is 5.11 Å². The molecule has 15 heavy (non-hydrogen) atoms. The lowest BCUT2D eigenvalue weighted by molar-refractivity contribution is 0.290. The zero-order valence-electron chi connectivity index (χ0n) is 8.81. The Hall–Kier alpha value is -1.13. The fourth-order valence-corrected chi connectivity index (χ4v) is 1.45. The van der Waals surface area contributed by atoms with Gasteiger partial charge in [-0.05, 0) is 30.7 Å². The highest BCUT2D eigenvalue weighted by Gasteiger charge is 2.01. The van der Waals surface area contributed by atoms with Crippen LogP contribution in [0, 0.1) is 0 Å². The van der Waals surface area contributed by atoms with Gasteiger partial charge in [-0.1, -0.05) is 12.2 Å². The summed E-state index contributed by atoms with van der Waals surface area (Å²) in [7, 11) is 1.99. The molecule has 0 heterocycles. The molecule has 0 aromatic heterocycles. The molecule has 1 rings (SSSR count). The van der Waals surface area contributed by atoms with Crippen LogP contribution in [0.25, 0.3) is 0 Å². The van der Waals surface area contributed by atoms with Gasteiger partial charge in [0.1, 0.15) is 4.99 Å². The Balaban J connectivity index is 2.66. The standard InChI is InChI=1S/C11H16N2OS/c1-13(7-2-8-14)10-5-3-9(4-6-10)11(12)15/h3-6,14H,2,7-8H2,1H3,(H2,12,15). The summed E-state index contributed by atoms with van der Waals surface area (Å²) in [6.07, 6.45) is 0.771. The van der Waals surface area contributed by atoms with E-state index in [-0.39, 0.29) is 6.61 Å². The molecule has 0 saturated carbocycles. The maximum absolute atomic E-state index is 8.72. The van der Waals surface area contributed by atoms with Crippen molar-refractivity contribution in [3.05, 3.63) is 29.8 Å². The first-order valence-corrected chi connectivity index (χ1v) is 5.28. The number of rotatable bonds is 5. The lowest BCUT2D eigenvalue weighted by Crippen LogP contribution is -2.19. The average molecular weight is 224 g/mol. The van der Waals surface area contributed by atoms with Gasteiger partial charge in [0.25, 0.3) is 0 Å². The number of benzene rings is 1. The van der Waals surface area contributed by atoms with E-state index in [1.165, 1.54) is 0 Å². The van der Waals surface area contributed by atoms with Crippen LogP contribution >= 0.6 is 12.2 Å². The van der Waals surface area contributed by atoms with Gasteiger partial charge < -0.3 is 15.7 Å². The summed E-state index contributed by atoms with van der Waals surface area (Å²) in [6, 6.07) is 7.78. The van der Waals surface area contributed by atoms with E-state index >= 15 is 0 Å². The van der Waals surface area contributed by atoms with Gasteiger partial charge in [0.05, 0.1) is 0 Å². The van der Waals surface area contributed by atoms with Crippen molar-refractivity contribution >= 4 is 22.9 Å². The molecule has 3 N–H and O–H groups in total. The first kappa shape index (κ1) is 11.9. The van der Waals surface area contributed by atoms with Crippen molar-refractivity contribution in [1.82, 2.24) is 0 Å². The molecule has 0 aliphatic carbocycles. The van der Waals surface area contributed by atoms with E-state index in [2.05, 4.69) is 4.90 Å². The number of thiocarbonyl (C=S) groups is 1. The van der Waals surface area contributed by atoms with E-state index < -0.39 is 0 Å². The molecule has 3 nitrogen and oxygen atoms in total. The topological polar surface area (TPSA) is 49.5 Å². The highest BCUT2D eigenvalue weighted by molar-refractivity contribution is 7.80. The third-order valence-electron chi connectivity index (χ3n) is 2.24. The highest BCUT2D eigenvalue weighted by Crippen LogP contribution is 2.13. The maximum Gasteiger partial charge on any atom is 0.103 e. The number of aliphatic hydroxyl groups excluding tert-OH is 1. The zero-order valence-corrected chi connectivity index (χ0v) is 9.63. The Kier molecular flexibility index (Phi) is 4.52. The number of aliphatic hydroxyl groups is 1. The molecule has 0 unspecified atom stereocenters. The van der Waals surface area contributed by atoms with Gasteiger partial charge >= 0.3 is 0 Å².